The maximum Gasteiger partial charge on any atom is 0.251 e. The third kappa shape index (κ3) is 3.89. The minimum Gasteiger partial charge on any atom is -0.352 e. The molecule has 1 aromatic heterocycles. The number of aromatic nitrogens is 2. The van der Waals surface area contributed by atoms with Gasteiger partial charge in [-0.15, -0.1) is 0 Å². The second kappa shape index (κ2) is 6.81. The first-order valence-corrected chi connectivity index (χ1v) is 6.55. The van der Waals surface area contributed by atoms with Gasteiger partial charge in [-0.3, -0.25) is 4.79 Å². The maximum absolute atomic E-state index is 11.9. The molecule has 106 valence electrons. The maximum atomic E-state index is 11.9. The van der Waals surface area contributed by atoms with Crippen LogP contribution in [0.15, 0.2) is 28.8 Å². The van der Waals surface area contributed by atoms with Crippen molar-refractivity contribution in [2.45, 2.75) is 19.8 Å². The first-order valence-electron chi connectivity index (χ1n) is 6.55. The molecule has 2 rings (SSSR count). The fourth-order valence-corrected chi connectivity index (χ4v) is 1.82. The number of nitrogens with zero attached hydrogens (tertiary/aromatic N) is 2. The van der Waals surface area contributed by atoms with Crippen LogP contribution in [0.1, 0.15) is 27.6 Å². The lowest BCUT2D eigenvalue weighted by molar-refractivity contribution is 0.0954. The number of nitrogens with two attached hydrogens (primary N) is 1. The van der Waals surface area contributed by atoms with Crippen molar-refractivity contribution in [2.75, 3.05) is 13.1 Å². The molecule has 1 heterocycles. The van der Waals surface area contributed by atoms with Crippen molar-refractivity contribution in [1.29, 1.82) is 0 Å². The summed E-state index contributed by atoms with van der Waals surface area (Å²) < 4.78 is 4.86. The number of hydrogen-bond donors (Lipinski definition) is 2. The van der Waals surface area contributed by atoms with Gasteiger partial charge < -0.3 is 15.6 Å². The molecule has 0 atom stereocenters. The molecular formula is C14H18N4O2. The van der Waals surface area contributed by atoms with Crippen LogP contribution in [0.5, 0.6) is 0 Å². The third-order valence-electron chi connectivity index (χ3n) is 2.85. The van der Waals surface area contributed by atoms with Crippen LogP contribution in [0, 0.1) is 6.92 Å². The highest BCUT2D eigenvalue weighted by atomic mass is 16.5. The van der Waals surface area contributed by atoms with E-state index in [4.69, 9.17) is 10.3 Å². The normalized spacial score (nSPS) is 10.5. The minimum atomic E-state index is -0.107. The summed E-state index contributed by atoms with van der Waals surface area (Å²) in [6.07, 6.45) is 1.37. The molecule has 20 heavy (non-hydrogen) atoms. The van der Waals surface area contributed by atoms with Crippen molar-refractivity contribution < 1.29 is 9.32 Å². The quantitative estimate of drug-likeness (QED) is 0.814. The average Bonchev–Trinajstić information content (AvgIpc) is 2.85. The molecule has 0 radical (unpaired) electrons. The molecule has 0 spiro atoms. The van der Waals surface area contributed by atoms with Crippen molar-refractivity contribution in [2.24, 2.45) is 5.73 Å². The van der Waals surface area contributed by atoms with Gasteiger partial charge in [-0.1, -0.05) is 17.3 Å². The number of hydrogen-bond acceptors (Lipinski definition) is 5. The predicted octanol–water partition coefficient (Wildman–Crippen LogP) is 0.852. The first-order chi connectivity index (χ1) is 9.69. The Morgan fingerprint density at radius 3 is 2.65 bits per heavy atom. The summed E-state index contributed by atoms with van der Waals surface area (Å²) in [4.78, 5) is 16.0. The summed E-state index contributed by atoms with van der Waals surface area (Å²) in [5.74, 6) is 1.02. The number of rotatable bonds is 6. The van der Waals surface area contributed by atoms with E-state index in [0.29, 0.717) is 36.8 Å². The van der Waals surface area contributed by atoms with Crippen molar-refractivity contribution >= 4 is 5.91 Å². The number of amides is 1. The molecular weight excluding hydrogens is 256 g/mol. The summed E-state index contributed by atoms with van der Waals surface area (Å²) in [5.41, 5.74) is 7.25. The first kappa shape index (κ1) is 14.2. The highest BCUT2D eigenvalue weighted by Gasteiger charge is 2.06. The number of aryl methyl sites for hydroxylation is 1. The zero-order valence-electron chi connectivity index (χ0n) is 11.4. The number of carbonyl (C=O) groups excluding carboxylic acids is 1. The van der Waals surface area contributed by atoms with Crippen LogP contribution in [-0.2, 0) is 12.8 Å². The van der Waals surface area contributed by atoms with Crippen LogP contribution < -0.4 is 11.1 Å². The molecule has 3 N–H and O–H groups in total. The lowest BCUT2D eigenvalue weighted by Gasteiger charge is -2.04. The van der Waals surface area contributed by atoms with Crippen LogP contribution in [0.4, 0.5) is 0 Å². The Balaban J connectivity index is 1.82. The molecule has 2 aromatic rings. The minimum absolute atomic E-state index is 0.107. The summed E-state index contributed by atoms with van der Waals surface area (Å²) in [5, 5.41) is 6.59. The number of nitrogens with one attached hydrogen (secondary N) is 1. The Morgan fingerprint density at radius 2 is 2.05 bits per heavy atom. The van der Waals surface area contributed by atoms with Crippen molar-refractivity contribution in [3.63, 3.8) is 0 Å². The summed E-state index contributed by atoms with van der Waals surface area (Å²) >= 11 is 0. The Labute approximate surface area is 117 Å². The fraction of sp³-hybridized carbons (Fsp3) is 0.357. The van der Waals surface area contributed by atoms with E-state index in [0.717, 1.165) is 12.0 Å². The second-order valence-electron chi connectivity index (χ2n) is 4.47. The number of benzene rings is 1. The van der Waals surface area contributed by atoms with E-state index in [-0.39, 0.29) is 5.91 Å². The smallest absolute Gasteiger partial charge is 0.251 e. The molecule has 6 heteroatoms. The predicted molar refractivity (Wildman–Crippen MR) is 74.3 cm³/mol. The standard InChI is InChI=1S/C14H18N4O2/c1-10-17-13(18-20-10)7-9-16-14(19)12-4-2-11(3-5-12)6-8-15/h2-5H,6-9,15H2,1H3,(H,16,19). The molecule has 6 nitrogen and oxygen atoms in total. The molecule has 0 bridgehead atoms. The molecule has 0 saturated carbocycles. The molecule has 0 aliphatic rings. The van der Waals surface area contributed by atoms with Crippen LogP contribution >= 0.6 is 0 Å². The SMILES string of the molecule is Cc1nc(CCNC(=O)c2ccc(CCN)cc2)no1. The second-order valence-corrected chi connectivity index (χ2v) is 4.47. The van der Waals surface area contributed by atoms with Gasteiger partial charge in [-0.25, -0.2) is 0 Å². The van der Waals surface area contributed by atoms with Gasteiger partial charge in [0.15, 0.2) is 5.82 Å². The van der Waals surface area contributed by atoms with E-state index >= 15 is 0 Å². The highest BCUT2D eigenvalue weighted by Crippen LogP contribution is 2.05. The van der Waals surface area contributed by atoms with E-state index in [1.54, 1.807) is 19.1 Å². The molecule has 0 aliphatic carbocycles. The Kier molecular flexibility index (Phi) is 4.84. The lowest BCUT2D eigenvalue weighted by Crippen LogP contribution is -2.25. The van der Waals surface area contributed by atoms with Gasteiger partial charge in [-0.2, -0.15) is 4.98 Å². The Morgan fingerprint density at radius 1 is 1.30 bits per heavy atom. The molecule has 0 aliphatic heterocycles. The van der Waals surface area contributed by atoms with Gasteiger partial charge in [0, 0.05) is 25.5 Å². The van der Waals surface area contributed by atoms with E-state index in [2.05, 4.69) is 15.5 Å². The molecule has 0 unspecified atom stereocenters. The summed E-state index contributed by atoms with van der Waals surface area (Å²) in [6, 6.07) is 7.45. The molecule has 1 aromatic carbocycles. The van der Waals surface area contributed by atoms with Crippen LogP contribution in [0.3, 0.4) is 0 Å². The molecule has 0 saturated heterocycles. The van der Waals surface area contributed by atoms with Gasteiger partial charge in [0.05, 0.1) is 0 Å². The van der Waals surface area contributed by atoms with Gasteiger partial charge in [0.1, 0.15) is 0 Å². The zero-order valence-corrected chi connectivity index (χ0v) is 11.4. The summed E-state index contributed by atoms with van der Waals surface area (Å²) in [6.45, 7) is 2.82. The third-order valence-corrected chi connectivity index (χ3v) is 2.85. The van der Waals surface area contributed by atoms with Gasteiger partial charge in [0.25, 0.3) is 5.91 Å². The van der Waals surface area contributed by atoms with Crippen molar-refractivity contribution in [1.82, 2.24) is 15.5 Å². The van der Waals surface area contributed by atoms with Gasteiger partial charge in [-0.05, 0) is 30.7 Å². The Bertz CT molecular complexity index is 563. The van der Waals surface area contributed by atoms with Crippen LogP contribution in [-0.4, -0.2) is 29.1 Å². The lowest BCUT2D eigenvalue weighted by atomic mass is 10.1. The summed E-state index contributed by atoms with van der Waals surface area (Å²) in [7, 11) is 0. The zero-order chi connectivity index (χ0) is 14.4. The van der Waals surface area contributed by atoms with Gasteiger partial charge >= 0.3 is 0 Å². The van der Waals surface area contributed by atoms with E-state index < -0.39 is 0 Å². The largest absolute Gasteiger partial charge is 0.352 e. The van der Waals surface area contributed by atoms with E-state index in [1.807, 2.05) is 12.1 Å². The van der Waals surface area contributed by atoms with Crippen LogP contribution in [0.25, 0.3) is 0 Å². The highest BCUT2D eigenvalue weighted by molar-refractivity contribution is 5.94. The van der Waals surface area contributed by atoms with E-state index in [1.165, 1.54) is 0 Å². The fourth-order valence-electron chi connectivity index (χ4n) is 1.82. The molecule has 0 fully saturated rings. The van der Waals surface area contributed by atoms with E-state index in [9.17, 15) is 4.79 Å². The average molecular weight is 274 g/mol. The van der Waals surface area contributed by atoms with Gasteiger partial charge in [0.2, 0.25) is 5.89 Å². The van der Waals surface area contributed by atoms with Crippen LogP contribution in [0.2, 0.25) is 0 Å². The molecule has 1 amide bonds. The van der Waals surface area contributed by atoms with Crippen molar-refractivity contribution in [3.05, 3.63) is 47.1 Å². The monoisotopic (exact) mass is 274 g/mol. The number of carbonyl (C=O) groups is 1. The van der Waals surface area contributed by atoms with Crippen molar-refractivity contribution in [3.8, 4) is 0 Å². The Hall–Kier alpha value is -2.21. The topological polar surface area (TPSA) is 94.0 Å².